The molecule has 3 rings (SSSR count). The molecule has 0 aromatic heterocycles. The number of amides is 3. The summed E-state index contributed by atoms with van der Waals surface area (Å²) in [6.07, 6.45) is 2.90. The molecule has 28 heavy (non-hydrogen) atoms. The first-order valence-electron chi connectivity index (χ1n) is 9.29. The predicted octanol–water partition coefficient (Wildman–Crippen LogP) is 4.03. The Kier molecular flexibility index (Phi) is 7.29. The summed E-state index contributed by atoms with van der Waals surface area (Å²) in [5.41, 5.74) is 10.1. The molecule has 1 aliphatic rings. The smallest absolute Gasteiger partial charge is 0.319 e. The van der Waals surface area contributed by atoms with Gasteiger partial charge in [0.15, 0.2) is 0 Å². The molecule has 1 aliphatic carbocycles. The van der Waals surface area contributed by atoms with Crippen LogP contribution in [0.4, 0.5) is 16.2 Å². The number of aryl methyl sites for hydroxylation is 1. The van der Waals surface area contributed by atoms with E-state index >= 15 is 0 Å². The molecule has 2 aromatic rings. The minimum absolute atomic E-state index is 0. The van der Waals surface area contributed by atoms with E-state index in [-0.39, 0.29) is 36.4 Å². The Labute approximate surface area is 171 Å². The highest BCUT2D eigenvalue weighted by Gasteiger charge is 2.22. The molecule has 2 aromatic carbocycles. The summed E-state index contributed by atoms with van der Waals surface area (Å²) in [5, 5.41) is 8.63. The van der Waals surface area contributed by atoms with Crippen LogP contribution >= 0.6 is 12.4 Å². The second-order valence-corrected chi connectivity index (χ2v) is 7.21. The van der Waals surface area contributed by atoms with E-state index in [1.807, 2.05) is 32.0 Å². The van der Waals surface area contributed by atoms with Crippen LogP contribution in [0.1, 0.15) is 54.2 Å². The Morgan fingerprint density at radius 1 is 1.14 bits per heavy atom. The lowest BCUT2D eigenvalue weighted by Gasteiger charge is -2.26. The van der Waals surface area contributed by atoms with E-state index in [9.17, 15) is 9.59 Å². The minimum Gasteiger partial charge on any atom is -0.399 e. The number of fused-ring (bicyclic) bond motifs is 1. The summed E-state index contributed by atoms with van der Waals surface area (Å²) in [7, 11) is 0. The highest BCUT2D eigenvalue weighted by atomic mass is 35.5. The summed E-state index contributed by atoms with van der Waals surface area (Å²) in [4.78, 5) is 24.6. The highest BCUT2D eigenvalue weighted by molar-refractivity contribution is 5.97. The average Bonchev–Trinajstić information content (AvgIpc) is 2.61. The van der Waals surface area contributed by atoms with Crippen LogP contribution in [0.3, 0.4) is 0 Å². The summed E-state index contributed by atoms with van der Waals surface area (Å²) >= 11 is 0. The molecule has 0 heterocycles. The molecule has 1 atom stereocenters. The van der Waals surface area contributed by atoms with E-state index < -0.39 is 0 Å². The molecule has 0 saturated heterocycles. The molecule has 0 saturated carbocycles. The number of nitrogen functional groups attached to an aromatic ring is 1. The van der Waals surface area contributed by atoms with Crippen molar-refractivity contribution in [2.45, 2.75) is 45.2 Å². The normalized spacial score (nSPS) is 15.2. The van der Waals surface area contributed by atoms with Gasteiger partial charge in [0.2, 0.25) is 0 Å². The fourth-order valence-corrected chi connectivity index (χ4v) is 3.39. The number of halogens is 1. The number of carbonyl (C=O) groups excluding carboxylic acids is 2. The van der Waals surface area contributed by atoms with Gasteiger partial charge in [0.05, 0.1) is 6.04 Å². The molecular formula is C21H27ClN4O2. The quantitative estimate of drug-likeness (QED) is 0.581. The maximum atomic E-state index is 12.7. The standard InChI is InChI=1S/C21H26N4O2.ClH/c1-13(2)23-21(27)24-17-7-3-6-15(12-17)20(26)25-19-8-4-5-14-11-16(22)9-10-18(14)19;/h3,6-7,9-13,19H,4-5,8,22H2,1-2H3,(H,25,26)(H2,23,24,27);1H. The number of urea groups is 1. The van der Waals surface area contributed by atoms with Crippen LogP contribution in [-0.4, -0.2) is 18.0 Å². The van der Waals surface area contributed by atoms with E-state index in [2.05, 4.69) is 16.0 Å². The van der Waals surface area contributed by atoms with Gasteiger partial charge in [-0.15, -0.1) is 12.4 Å². The number of nitrogens with one attached hydrogen (secondary N) is 3. The van der Waals surface area contributed by atoms with Crippen molar-refractivity contribution in [2.75, 3.05) is 11.1 Å². The first-order valence-corrected chi connectivity index (χ1v) is 9.29. The molecule has 0 radical (unpaired) electrons. The van der Waals surface area contributed by atoms with Crippen LogP contribution in [-0.2, 0) is 6.42 Å². The fourth-order valence-electron chi connectivity index (χ4n) is 3.39. The van der Waals surface area contributed by atoms with Crippen molar-refractivity contribution in [3.63, 3.8) is 0 Å². The minimum atomic E-state index is -0.290. The molecular weight excluding hydrogens is 376 g/mol. The van der Waals surface area contributed by atoms with Gasteiger partial charge in [-0.25, -0.2) is 4.79 Å². The van der Waals surface area contributed by atoms with Gasteiger partial charge in [0.25, 0.3) is 5.91 Å². The SMILES string of the molecule is CC(C)NC(=O)Nc1cccc(C(=O)NC2CCCc3cc(N)ccc32)c1.Cl. The molecule has 0 aliphatic heterocycles. The van der Waals surface area contributed by atoms with Crippen molar-refractivity contribution in [3.05, 3.63) is 59.2 Å². The number of rotatable bonds is 4. The second kappa shape index (κ2) is 9.46. The third-order valence-corrected chi connectivity index (χ3v) is 4.59. The molecule has 6 nitrogen and oxygen atoms in total. The topological polar surface area (TPSA) is 96.2 Å². The zero-order valence-electron chi connectivity index (χ0n) is 16.1. The zero-order chi connectivity index (χ0) is 19.4. The average molecular weight is 403 g/mol. The molecule has 150 valence electrons. The van der Waals surface area contributed by atoms with Crippen LogP contribution in [0.25, 0.3) is 0 Å². The van der Waals surface area contributed by atoms with Crippen molar-refractivity contribution >= 4 is 35.7 Å². The van der Waals surface area contributed by atoms with Gasteiger partial charge in [-0.3, -0.25) is 4.79 Å². The Balaban J connectivity index is 0.00000280. The lowest BCUT2D eigenvalue weighted by Crippen LogP contribution is -2.34. The van der Waals surface area contributed by atoms with Crippen LogP contribution in [0.2, 0.25) is 0 Å². The van der Waals surface area contributed by atoms with Crippen LogP contribution in [0, 0.1) is 0 Å². The highest BCUT2D eigenvalue weighted by Crippen LogP contribution is 2.31. The number of benzene rings is 2. The van der Waals surface area contributed by atoms with Gasteiger partial charge in [-0.05, 0) is 74.6 Å². The van der Waals surface area contributed by atoms with Crippen molar-refractivity contribution in [1.82, 2.24) is 10.6 Å². The first-order chi connectivity index (χ1) is 12.9. The van der Waals surface area contributed by atoms with Gasteiger partial charge < -0.3 is 21.7 Å². The van der Waals surface area contributed by atoms with Gasteiger partial charge in [-0.1, -0.05) is 12.1 Å². The molecule has 0 spiro atoms. The summed E-state index contributed by atoms with van der Waals surface area (Å²) < 4.78 is 0. The molecule has 7 heteroatoms. The van der Waals surface area contributed by atoms with Crippen LogP contribution in [0.15, 0.2) is 42.5 Å². The van der Waals surface area contributed by atoms with Gasteiger partial charge >= 0.3 is 6.03 Å². The number of carbonyl (C=O) groups is 2. The monoisotopic (exact) mass is 402 g/mol. The van der Waals surface area contributed by atoms with E-state index in [1.54, 1.807) is 24.3 Å². The maximum Gasteiger partial charge on any atom is 0.319 e. The Hall–Kier alpha value is -2.73. The summed E-state index contributed by atoms with van der Waals surface area (Å²) in [6.45, 7) is 3.78. The lowest BCUT2D eigenvalue weighted by molar-refractivity contribution is 0.0932. The molecule has 0 bridgehead atoms. The Morgan fingerprint density at radius 2 is 1.93 bits per heavy atom. The van der Waals surface area contributed by atoms with Crippen molar-refractivity contribution in [2.24, 2.45) is 0 Å². The second-order valence-electron chi connectivity index (χ2n) is 7.21. The number of anilines is 2. The summed E-state index contributed by atoms with van der Waals surface area (Å²) in [6, 6.07) is 12.5. The van der Waals surface area contributed by atoms with Crippen molar-refractivity contribution in [3.8, 4) is 0 Å². The molecule has 5 N–H and O–H groups in total. The van der Waals surface area contributed by atoms with Gasteiger partial charge in [0, 0.05) is 23.0 Å². The zero-order valence-corrected chi connectivity index (χ0v) is 16.9. The fraction of sp³-hybridized carbons (Fsp3) is 0.333. The Bertz CT molecular complexity index is 854. The van der Waals surface area contributed by atoms with Crippen molar-refractivity contribution in [1.29, 1.82) is 0 Å². The van der Waals surface area contributed by atoms with Crippen molar-refractivity contribution < 1.29 is 9.59 Å². The third-order valence-electron chi connectivity index (χ3n) is 4.59. The first kappa shape index (κ1) is 21.6. The molecule has 1 unspecified atom stereocenters. The maximum absolute atomic E-state index is 12.7. The number of hydrogen-bond acceptors (Lipinski definition) is 3. The summed E-state index contributed by atoms with van der Waals surface area (Å²) in [5.74, 6) is -0.155. The largest absolute Gasteiger partial charge is 0.399 e. The third kappa shape index (κ3) is 5.39. The van der Waals surface area contributed by atoms with E-state index in [0.29, 0.717) is 11.3 Å². The number of hydrogen-bond donors (Lipinski definition) is 4. The van der Waals surface area contributed by atoms with E-state index in [4.69, 9.17) is 5.73 Å². The van der Waals surface area contributed by atoms with Crippen LogP contribution in [0.5, 0.6) is 0 Å². The number of nitrogens with two attached hydrogens (primary N) is 1. The van der Waals surface area contributed by atoms with E-state index in [1.165, 1.54) is 5.56 Å². The molecule has 0 fully saturated rings. The van der Waals surface area contributed by atoms with E-state index in [0.717, 1.165) is 30.5 Å². The van der Waals surface area contributed by atoms with Gasteiger partial charge in [-0.2, -0.15) is 0 Å². The van der Waals surface area contributed by atoms with Crippen LogP contribution < -0.4 is 21.7 Å². The lowest BCUT2D eigenvalue weighted by atomic mass is 9.87. The van der Waals surface area contributed by atoms with Gasteiger partial charge in [0.1, 0.15) is 0 Å². The molecule has 3 amide bonds. The predicted molar refractivity (Wildman–Crippen MR) is 115 cm³/mol. The Morgan fingerprint density at radius 3 is 2.68 bits per heavy atom.